The van der Waals surface area contributed by atoms with E-state index in [2.05, 4.69) is 10.3 Å². The van der Waals surface area contributed by atoms with Gasteiger partial charge in [0.05, 0.1) is 26.9 Å². The normalized spacial score (nSPS) is 17.5. The van der Waals surface area contributed by atoms with Crippen molar-refractivity contribution >= 4 is 5.82 Å². The molecule has 0 amide bonds. The molecule has 1 aromatic heterocycles. The van der Waals surface area contributed by atoms with Crippen LogP contribution in [0.4, 0.5) is 5.82 Å². The van der Waals surface area contributed by atoms with Crippen LogP contribution in [0.2, 0.25) is 0 Å². The number of ether oxygens (including phenoxy) is 4. The molecular formula is C39H41N3O7. The van der Waals surface area contributed by atoms with Crippen LogP contribution in [-0.4, -0.2) is 59.3 Å². The third kappa shape index (κ3) is 7.31. The molecule has 1 saturated heterocycles. The first-order valence-electron chi connectivity index (χ1n) is 16.2. The highest BCUT2D eigenvalue weighted by Gasteiger charge is 2.42. The Hall–Kier alpha value is -5.16. The molecule has 3 N–H and O–H groups in total. The topological polar surface area (TPSA) is 124 Å². The molecule has 2 heterocycles. The van der Waals surface area contributed by atoms with E-state index in [0.717, 1.165) is 27.8 Å². The predicted octanol–water partition coefficient (Wildman–Crippen LogP) is 5.59. The predicted molar refractivity (Wildman–Crippen MR) is 186 cm³/mol. The number of rotatable bonds is 13. The van der Waals surface area contributed by atoms with E-state index in [9.17, 15) is 15.0 Å². The van der Waals surface area contributed by atoms with Crippen LogP contribution in [0.3, 0.4) is 0 Å². The van der Waals surface area contributed by atoms with Crippen molar-refractivity contribution < 1.29 is 29.2 Å². The molecule has 0 aliphatic carbocycles. The van der Waals surface area contributed by atoms with Gasteiger partial charge < -0.3 is 34.5 Å². The number of hydrogen-bond acceptors (Lipinski definition) is 9. The summed E-state index contributed by atoms with van der Waals surface area (Å²) in [6.45, 7) is 2.46. The first-order valence-corrected chi connectivity index (χ1v) is 16.2. The molecule has 0 unspecified atom stereocenters. The number of anilines is 1. The van der Waals surface area contributed by atoms with Crippen molar-refractivity contribution in [3.8, 4) is 17.2 Å². The summed E-state index contributed by atoms with van der Waals surface area (Å²) in [5.41, 5.74) is 2.86. The number of aliphatic hydroxyl groups is 1. The molecule has 1 aliphatic heterocycles. The van der Waals surface area contributed by atoms with Gasteiger partial charge >= 0.3 is 5.69 Å². The summed E-state index contributed by atoms with van der Waals surface area (Å²) in [4.78, 5) is 17.5. The van der Waals surface area contributed by atoms with E-state index >= 15 is 0 Å². The van der Waals surface area contributed by atoms with Gasteiger partial charge in [-0.15, -0.1) is 0 Å². The fraction of sp³-hybridized carbons (Fsp3) is 0.282. The molecule has 0 bridgehead atoms. The highest BCUT2D eigenvalue weighted by atomic mass is 16.6. The molecule has 10 nitrogen and oxygen atoms in total. The fourth-order valence-electron chi connectivity index (χ4n) is 6.26. The zero-order valence-corrected chi connectivity index (χ0v) is 27.8. The number of phenolic OH excluding ortho intramolecular Hbond substituents is 1. The summed E-state index contributed by atoms with van der Waals surface area (Å²) in [5, 5.41) is 24.0. The molecule has 4 aromatic carbocycles. The minimum absolute atomic E-state index is 0.0304. The average molecular weight is 664 g/mol. The van der Waals surface area contributed by atoms with Crippen LogP contribution in [0.5, 0.6) is 17.2 Å². The van der Waals surface area contributed by atoms with Gasteiger partial charge in [-0.1, -0.05) is 66.7 Å². The quantitative estimate of drug-likeness (QED) is 0.138. The lowest BCUT2D eigenvalue weighted by molar-refractivity contribution is -0.0944. The first kappa shape index (κ1) is 33.7. The van der Waals surface area contributed by atoms with Gasteiger partial charge in [0.25, 0.3) is 0 Å². The first-order chi connectivity index (χ1) is 23.8. The number of benzene rings is 4. The second-order valence-corrected chi connectivity index (χ2v) is 12.1. The van der Waals surface area contributed by atoms with Gasteiger partial charge in [0.1, 0.15) is 41.0 Å². The van der Waals surface area contributed by atoms with E-state index < -0.39 is 29.7 Å². The van der Waals surface area contributed by atoms with Crippen molar-refractivity contribution in [2.24, 2.45) is 0 Å². The fourth-order valence-corrected chi connectivity index (χ4v) is 6.26. The number of aryl methyl sites for hydroxylation is 1. The minimum Gasteiger partial charge on any atom is -0.508 e. The SMILES string of the molecule is COc1ccc(C(OC[C@H]2O[C@@H](n3cc(C)c(NCCc4ccc(O)cc4)nc3=O)C[C@@H]2O)(c2ccccc2)c2ccc(OC)cc2)cc1. The van der Waals surface area contributed by atoms with Gasteiger partial charge in [-0.25, -0.2) is 4.79 Å². The number of aromatic hydroxyl groups is 1. The summed E-state index contributed by atoms with van der Waals surface area (Å²) < 4.78 is 25.6. The maximum absolute atomic E-state index is 13.2. The number of nitrogens with one attached hydrogen (secondary N) is 1. The summed E-state index contributed by atoms with van der Waals surface area (Å²) in [6, 6.07) is 32.4. The summed E-state index contributed by atoms with van der Waals surface area (Å²) in [5.74, 6) is 2.14. The molecule has 6 rings (SSSR count). The molecule has 0 radical (unpaired) electrons. The Labute approximate surface area is 285 Å². The lowest BCUT2D eigenvalue weighted by Crippen LogP contribution is -2.38. The minimum atomic E-state index is -1.08. The van der Waals surface area contributed by atoms with Gasteiger partial charge in [-0.05, 0) is 72.0 Å². The van der Waals surface area contributed by atoms with Crippen molar-refractivity contribution in [1.29, 1.82) is 0 Å². The largest absolute Gasteiger partial charge is 0.508 e. The Morgan fingerprint density at radius 1 is 0.878 bits per heavy atom. The molecule has 3 atom stereocenters. The van der Waals surface area contributed by atoms with Crippen molar-refractivity contribution in [2.45, 2.75) is 43.8 Å². The van der Waals surface area contributed by atoms with Crippen LogP contribution < -0.4 is 20.5 Å². The number of phenols is 1. The van der Waals surface area contributed by atoms with Gasteiger partial charge in [-0.3, -0.25) is 4.57 Å². The summed E-state index contributed by atoms with van der Waals surface area (Å²) in [6.07, 6.45) is 0.275. The molecule has 1 aliphatic rings. The summed E-state index contributed by atoms with van der Waals surface area (Å²) in [7, 11) is 3.25. The molecule has 49 heavy (non-hydrogen) atoms. The highest BCUT2D eigenvalue weighted by molar-refractivity contribution is 5.50. The molecule has 0 spiro atoms. The lowest BCUT2D eigenvalue weighted by atomic mass is 9.80. The third-order valence-corrected chi connectivity index (χ3v) is 8.93. The second kappa shape index (κ2) is 14.9. The average Bonchev–Trinajstić information content (AvgIpc) is 3.51. The monoisotopic (exact) mass is 663 g/mol. The number of nitrogens with zero attached hydrogens (tertiary/aromatic N) is 2. The van der Waals surface area contributed by atoms with Crippen LogP contribution in [0, 0.1) is 6.92 Å². The van der Waals surface area contributed by atoms with Crippen LogP contribution in [0.1, 0.15) is 40.5 Å². The van der Waals surface area contributed by atoms with E-state index in [1.54, 1.807) is 32.5 Å². The van der Waals surface area contributed by atoms with Crippen molar-refractivity contribution in [3.05, 3.63) is 148 Å². The van der Waals surface area contributed by atoms with Gasteiger partial charge in [0.2, 0.25) is 0 Å². The van der Waals surface area contributed by atoms with E-state index in [0.29, 0.717) is 30.3 Å². The number of hydrogen-bond donors (Lipinski definition) is 3. The molecule has 10 heteroatoms. The van der Waals surface area contributed by atoms with Crippen LogP contribution in [-0.2, 0) is 21.5 Å². The van der Waals surface area contributed by atoms with E-state index in [1.165, 1.54) is 4.57 Å². The maximum Gasteiger partial charge on any atom is 0.351 e. The molecular weight excluding hydrogens is 622 g/mol. The van der Waals surface area contributed by atoms with Crippen LogP contribution in [0.25, 0.3) is 0 Å². The Balaban J connectivity index is 1.23. The van der Waals surface area contributed by atoms with E-state index in [1.807, 2.05) is 97.9 Å². The Morgan fingerprint density at radius 3 is 2.06 bits per heavy atom. The highest BCUT2D eigenvalue weighted by Crippen LogP contribution is 2.42. The smallest absolute Gasteiger partial charge is 0.351 e. The number of methoxy groups -OCH3 is 2. The molecule has 5 aromatic rings. The van der Waals surface area contributed by atoms with Crippen LogP contribution in [0.15, 0.2) is 114 Å². The van der Waals surface area contributed by atoms with Crippen molar-refractivity contribution in [1.82, 2.24) is 9.55 Å². The second-order valence-electron chi connectivity index (χ2n) is 12.1. The Bertz CT molecular complexity index is 1830. The van der Waals surface area contributed by atoms with E-state index in [-0.39, 0.29) is 18.8 Å². The van der Waals surface area contributed by atoms with E-state index in [4.69, 9.17) is 18.9 Å². The third-order valence-electron chi connectivity index (χ3n) is 8.93. The molecule has 0 saturated carbocycles. The molecule has 1 fully saturated rings. The van der Waals surface area contributed by atoms with Gasteiger partial charge in [-0.2, -0.15) is 4.98 Å². The van der Waals surface area contributed by atoms with Gasteiger partial charge in [0.15, 0.2) is 0 Å². The summed E-state index contributed by atoms with van der Waals surface area (Å²) >= 11 is 0. The van der Waals surface area contributed by atoms with Crippen molar-refractivity contribution in [3.63, 3.8) is 0 Å². The molecule has 254 valence electrons. The Kier molecular flexibility index (Phi) is 10.3. The standard InChI is InChI=1S/C39H41N3O7/c1-26-24-42(38(45)41-37(26)40-22-21-27-9-15-31(43)16-10-27)36-23-34(44)35(49-36)25-48-39(28-7-5-4-6-8-28,29-11-17-32(46-2)18-12-29)30-13-19-33(47-3)20-14-30/h4-20,24,34-36,43-44H,21-23,25H2,1-3H3,(H,40,41,45)/t34-,35+,36+/m0/s1. The van der Waals surface area contributed by atoms with Crippen LogP contribution >= 0.6 is 0 Å². The number of aromatic nitrogens is 2. The Morgan fingerprint density at radius 2 is 1.47 bits per heavy atom. The van der Waals surface area contributed by atoms with Crippen molar-refractivity contribution in [2.75, 3.05) is 32.7 Å². The maximum atomic E-state index is 13.2. The lowest BCUT2D eigenvalue weighted by Gasteiger charge is -2.37. The van der Waals surface area contributed by atoms with Gasteiger partial charge in [0, 0.05) is 24.7 Å². The zero-order valence-electron chi connectivity index (χ0n) is 27.8. The zero-order chi connectivity index (χ0) is 34.4. The number of aliphatic hydroxyl groups excluding tert-OH is 1.